The zero-order valence-electron chi connectivity index (χ0n) is 14.1. The third-order valence-corrected chi connectivity index (χ3v) is 4.15. The van der Waals surface area contributed by atoms with E-state index in [0.29, 0.717) is 0 Å². The molecular formula is C18H14Cl2N2O6. The van der Waals surface area contributed by atoms with Gasteiger partial charge in [-0.25, -0.2) is 9.59 Å². The largest absolute Gasteiger partial charge is 0.444 e. The van der Waals surface area contributed by atoms with E-state index in [4.69, 9.17) is 44.1 Å². The lowest BCUT2D eigenvalue weighted by Gasteiger charge is -2.22. The first-order valence-corrected chi connectivity index (χ1v) is 8.47. The quantitative estimate of drug-likeness (QED) is 0.648. The first kappa shape index (κ1) is 21.2. The van der Waals surface area contributed by atoms with Crippen LogP contribution in [0.2, 0.25) is 10.0 Å². The summed E-state index contributed by atoms with van der Waals surface area (Å²) in [6.45, 7) is 0. The van der Waals surface area contributed by atoms with E-state index in [2.05, 4.69) is 0 Å². The van der Waals surface area contributed by atoms with Crippen molar-refractivity contribution in [2.75, 3.05) is 0 Å². The Balaban J connectivity index is 2.27. The maximum atomic E-state index is 12.3. The number of benzene rings is 2. The van der Waals surface area contributed by atoms with Gasteiger partial charge in [0, 0.05) is 0 Å². The fraction of sp³-hybridized carbons (Fsp3) is 0.111. The molecule has 0 unspecified atom stereocenters. The van der Waals surface area contributed by atoms with Crippen LogP contribution in [0.5, 0.6) is 0 Å². The molecule has 0 aromatic heterocycles. The molecule has 0 spiro atoms. The summed E-state index contributed by atoms with van der Waals surface area (Å²) >= 11 is 11.8. The standard InChI is InChI=1S/C18H14Cl2N2O6/c19-11-7-3-1-5-9(11)17(25)27-13(15(21)23)14(16(22)24)28-18(26)10-6-2-4-8-12(10)20/h1-8,13-14H,(H2,21,23)(H2,22,24)/t13-,14-/m1/s1. The Bertz CT molecular complexity index is 858. The molecule has 0 heterocycles. The van der Waals surface area contributed by atoms with Crippen LogP contribution in [-0.2, 0) is 19.1 Å². The molecule has 146 valence electrons. The summed E-state index contributed by atoms with van der Waals surface area (Å²) in [6.07, 6.45) is -3.96. The summed E-state index contributed by atoms with van der Waals surface area (Å²) in [5, 5.41) is 0.0822. The van der Waals surface area contributed by atoms with Gasteiger partial charge in [-0.1, -0.05) is 47.5 Å². The molecule has 2 aromatic rings. The summed E-state index contributed by atoms with van der Waals surface area (Å²) in [5.41, 5.74) is 10.2. The highest BCUT2D eigenvalue weighted by Gasteiger charge is 2.38. The molecule has 2 amide bonds. The minimum absolute atomic E-state index is 0.0411. The molecule has 10 heteroatoms. The van der Waals surface area contributed by atoms with Crippen LogP contribution in [-0.4, -0.2) is 36.0 Å². The highest BCUT2D eigenvalue weighted by Crippen LogP contribution is 2.20. The van der Waals surface area contributed by atoms with Gasteiger partial charge in [0.1, 0.15) is 0 Å². The monoisotopic (exact) mass is 424 g/mol. The van der Waals surface area contributed by atoms with Gasteiger partial charge in [0.25, 0.3) is 11.8 Å². The normalized spacial score (nSPS) is 12.5. The Morgan fingerprint density at radius 1 is 0.679 bits per heavy atom. The Morgan fingerprint density at radius 2 is 1.00 bits per heavy atom. The van der Waals surface area contributed by atoms with Gasteiger partial charge in [0.15, 0.2) is 0 Å². The molecule has 0 saturated carbocycles. The van der Waals surface area contributed by atoms with E-state index in [-0.39, 0.29) is 21.2 Å². The number of esters is 2. The number of rotatable bonds is 7. The van der Waals surface area contributed by atoms with Crippen molar-refractivity contribution in [3.63, 3.8) is 0 Å². The minimum Gasteiger partial charge on any atom is -0.444 e. The first-order valence-electron chi connectivity index (χ1n) is 7.72. The van der Waals surface area contributed by atoms with Gasteiger partial charge in [0.05, 0.1) is 21.2 Å². The van der Waals surface area contributed by atoms with Gasteiger partial charge in [0.2, 0.25) is 12.2 Å². The van der Waals surface area contributed by atoms with E-state index in [1.54, 1.807) is 12.1 Å². The molecule has 0 radical (unpaired) electrons. The smallest absolute Gasteiger partial charge is 0.340 e. The second-order valence-electron chi connectivity index (χ2n) is 5.42. The van der Waals surface area contributed by atoms with Crippen LogP contribution in [0.3, 0.4) is 0 Å². The third-order valence-electron chi connectivity index (χ3n) is 3.49. The van der Waals surface area contributed by atoms with Crippen LogP contribution in [0.25, 0.3) is 0 Å². The average molecular weight is 425 g/mol. The molecule has 2 rings (SSSR count). The van der Waals surface area contributed by atoms with Crippen LogP contribution in [0.4, 0.5) is 0 Å². The lowest BCUT2D eigenvalue weighted by atomic mass is 10.1. The molecular weight excluding hydrogens is 411 g/mol. The molecule has 0 saturated heterocycles. The number of hydrogen-bond donors (Lipinski definition) is 2. The summed E-state index contributed by atoms with van der Waals surface area (Å²) in [6, 6.07) is 11.6. The maximum Gasteiger partial charge on any atom is 0.340 e. The van der Waals surface area contributed by atoms with E-state index < -0.39 is 36.0 Å². The van der Waals surface area contributed by atoms with E-state index in [0.717, 1.165) is 0 Å². The van der Waals surface area contributed by atoms with Crippen molar-refractivity contribution in [1.29, 1.82) is 0 Å². The highest BCUT2D eigenvalue weighted by atomic mass is 35.5. The number of carbonyl (C=O) groups is 4. The molecule has 0 bridgehead atoms. The van der Waals surface area contributed by atoms with Crippen molar-refractivity contribution in [3.05, 3.63) is 69.7 Å². The number of amides is 2. The minimum atomic E-state index is -1.98. The molecule has 2 atom stereocenters. The van der Waals surface area contributed by atoms with Crippen LogP contribution >= 0.6 is 23.2 Å². The van der Waals surface area contributed by atoms with Crippen molar-refractivity contribution in [2.24, 2.45) is 11.5 Å². The second-order valence-corrected chi connectivity index (χ2v) is 6.23. The fourth-order valence-corrected chi connectivity index (χ4v) is 2.58. The zero-order chi connectivity index (χ0) is 20.8. The molecule has 4 N–H and O–H groups in total. The number of hydrogen-bond acceptors (Lipinski definition) is 6. The molecule has 2 aromatic carbocycles. The molecule has 0 aliphatic heterocycles. The number of carbonyl (C=O) groups excluding carboxylic acids is 4. The van der Waals surface area contributed by atoms with Gasteiger partial charge in [-0.15, -0.1) is 0 Å². The molecule has 28 heavy (non-hydrogen) atoms. The fourth-order valence-electron chi connectivity index (χ4n) is 2.15. The average Bonchev–Trinajstić information content (AvgIpc) is 2.64. The molecule has 8 nitrogen and oxygen atoms in total. The molecule has 0 aliphatic rings. The van der Waals surface area contributed by atoms with E-state index in [1.807, 2.05) is 0 Å². The lowest BCUT2D eigenvalue weighted by Crippen LogP contribution is -2.51. The van der Waals surface area contributed by atoms with Gasteiger partial charge in [-0.3, -0.25) is 9.59 Å². The Hall–Kier alpha value is -3.10. The van der Waals surface area contributed by atoms with Gasteiger partial charge in [-0.05, 0) is 24.3 Å². The molecule has 0 aliphatic carbocycles. The Labute approximate surface area is 169 Å². The first-order chi connectivity index (χ1) is 13.2. The van der Waals surface area contributed by atoms with Crippen LogP contribution < -0.4 is 11.5 Å². The summed E-state index contributed by atoms with van der Waals surface area (Å²) < 4.78 is 9.92. The zero-order valence-corrected chi connectivity index (χ0v) is 15.6. The summed E-state index contributed by atoms with van der Waals surface area (Å²) in [4.78, 5) is 48.1. The van der Waals surface area contributed by atoms with Crippen molar-refractivity contribution in [2.45, 2.75) is 12.2 Å². The van der Waals surface area contributed by atoms with E-state index >= 15 is 0 Å². The SMILES string of the molecule is NC(=O)[C@H](OC(=O)c1ccccc1Cl)[C@@H](OC(=O)c1ccccc1Cl)C(N)=O. The maximum absolute atomic E-state index is 12.3. The van der Waals surface area contributed by atoms with E-state index in [9.17, 15) is 19.2 Å². The van der Waals surface area contributed by atoms with Crippen LogP contribution in [0.1, 0.15) is 20.7 Å². The van der Waals surface area contributed by atoms with Crippen molar-refractivity contribution < 1.29 is 28.7 Å². The van der Waals surface area contributed by atoms with E-state index in [1.165, 1.54) is 36.4 Å². The number of nitrogens with two attached hydrogens (primary N) is 2. The van der Waals surface area contributed by atoms with Crippen molar-refractivity contribution >= 4 is 47.0 Å². The van der Waals surface area contributed by atoms with Crippen molar-refractivity contribution in [3.8, 4) is 0 Å². The van der Waals surface area contributed by atoms with Gasteiger partial charge >= 0.3 is 11.9 Å². The third kappa shape index (κ3) is 4.99. The Morgan fingerprint density at radius 3 is 1.29 bits per heavy atom. The number of ether oxygens (including phenoxy) is 2. The second kappa shape index (κ2) is 9.20. The van der Waals surface area contributed by atoms with Crippen LogP contribution in [0, 0.1) is 0 Å². The van der Waals surface area contributed by atoms with Gasteiger partial charge < -0.3 is 20.9 Å². The topological polar surface area (TPSA) is 139 Å². The lowest BCUT2D eigenvalue weighted by molar-refractivity contribution is -0.143. The predicted molar refractivity (Wildman–Crippen MR) is 99.7 cm³/mol. The summed E-state index contributed by atoms with van der Waals surface area (Å²) in [7, 11) is 0. The number of halogens is 2. The van der Waals surface area contributed by atoms with Crippen molar-refractivity contribution in [1.82, 2.24) is 0 Å². The number of primary amides is 2. The Kier molecular flexibility index (Phi) is 6.97. The predicted octanol–water partition coefficient (Wildman–Crippen LogP) is 1.71. The summed E-state index contributed by atoms with van der Waals surface area (Å²) in [5.74, 6) is -4.63. The van der Waals surface area contributed by atoms with Gasteiger partial charge in [-0.2, -0.15) is 0 Å². The highest BCUT2D eigenvalue weighted by molar-refractivity contribution is 6.34. The van der Waals surface area contributed by atoms with Crippen LogP contribution in [0.15, 0.2) is 48.5 Å². The molecule has 0 fully saturated rings.